The van der Waals surface area contributed by atoms with Crippen LogP contribution >= 0.6 is 27.3 Å². The Morgan fingerprint density at radius 3 is 2.92 bits per heavy atom. The first kappa shape index (κ1) is 10.4. The van der Waals surface area contributed by atoms with Gasteiger partial charge in [0.15, 0.2) is 0 Å². The summed E-state index contributed by atoms with van der Waals surface area (Å²) < 4.78 is 0.513. The van der Waals surface area contributed by atoms with Gasteiger partial charge in [0.2, 0.25) is 0 Å². The standard InChI is InChI=1S/C7H7BrN2O2S/c8-6-4-5(2-1-3-9)13-7(6)10(11)12/h1-2,4H,3,9H2/b2-1+. The molecule has 1 aromatic heterocycles. The number of nitrogens with two attached hydrogens (primary N) is 1. The first-order chi connectivity index (χ1) is 6.15. The van der Waals surface area contributed by atoms with Crippen molar-refractivity contribution in [2.75, 3.05) is 6.54 Å². The maximum absolute atomic E-state index is 10.4. The Labute approximate surface area is 87.3 Å². The van der Waals surface area contributed by atoms with Crippen molar-refractivity contribution in [3.05, 3.63) is 31.6 Å². The summed E-state index contributed by atoms with van der Waals surface area (Å²) in [6, 6.07) is 1.70. The molecule has 2 N–H and O–H groups in total. The molecule has 0 aliphatic heterocycles. The maximum Gasteiger partial charge on any atom is 0.338 e. The molecule has 0 unspecified atom stereocenters. The van der Waals surface area contributed by atoms with Gasteiger partial charge in [0.25, 0.3) is 0 Å². The van der Waals surface area contributed by atoms with E-state index < -0.39 is 4.92 Å². The topological polar surface area (TPSA) is 69.2 Å². The minimum Gasteiger partial charge on any atom is -0.327 e. The Balaban J connectivity index is 2.95. The summed E-state index contributed by atoms with van der Waals surface area (Å²) in [6.45, 7) is 0.434. The number of rotatable bonds is 3. The summed E-state index contributed by atoms with van der Waals surface area (Å²) in [6.07, 6.45) is 3.52. The minimum absolute atomic E-state index is 0.122. The molecule has 0 radical (unpaired) electrons. The first-order valence-corrected chi connectivity index (χ1v) is 5.06. The summed E-state index contributed by atoms with van der Waals surface area (Å²) in [5.41, 5.74) is 5.25. The van der Waals surface area contributed by atoms with Crippen LogP contribution in [0.4, 0.5) is 5.00 Å². The highest BCUT2D eigenvalue weighted by atomic mass is 79.9. The van der Waals surface area contributed by atoms with Gasteiger partial charge >= 0.3 is 5.00 Å². The van der Waals surface area contributed by atoms with Gasteiger partial charge in [-0.3, -0.25) is 10.1 Å². The van der Waals surface area contributed by atoms with Crippen molar-refractivity contribution in [1.82, 2.24) is 0 Å². The van der Waals surface area contributed by atoms with Crippen molar-refractivity contribution in [1.29, 1.82) is 0 Å². The van der Waals surface area contributed by atoms with E-state index in [2.05, 4.69) is 15.9 Å². The molecule has 4 nitrogen and oxygen atoms in total. The molecule has 0 saturated heterocycles. The van der Waals surface area contributed by atoms with Crippen LogP contribution in [0.5, 0.6) is 0 Å². The van der Waals surface area contributed by atoms with E-state index in [9.17, 15) is 10.1 Å². The lowest BCUT2D eigenvalue weighted by atomic mass is 10.4. The van der Waals surface area contributed by atoms with Crippen LogP contribution in [0.25, 0.3) is 6.08 Å². The van der Waals surface area contributed by atoms with E-state index in [0.29, 0.717) is 11.0 Å². The van der Waals surface area contributed by atoms with E-state index in [4.69, 9.17) is 5.73 Å². The number of nitrogens with zero attached hydrogens (tertiary/aromatic N) is 1. The summed E-state index contributed by atoms with van der Waals surface area (Å²) in [4.78, 5) is 10.9. The van der Waals surface area contributed by atoms with Crippen molar-refractivity contribution < 1.29 is 4.92 Å². The van der Waals surface area contributed by atoms with Crippen molar-refractivity contribution in [3.8, 4) is 0 Å². The van der Waals surface area contributed by atoms with Crippen LogP contribution in [0.1, 0.15) is 4.88 Å². The monoisotopic (exact) mass is 262 g/mol. The SMILES string of the molecule is NC/C=C/c1cc(Br)c([N+](=O)[O-])s1. The highest BCUT2D eigenvalue weighted by Gasteiger charge is 2.15. The molecule has 0 atom stereocenters. The number of hydrogen-bond acceptors (Lipinski definition) is 4. The van der Waals surface area contributed by atoms with Crippen molar-refractivity contribution in [2.45, 2.75) is 0 Å². The molecule has 13 heavy (non-hydrogen) atoms. The Kier molecular flexibility index (Phi) is 3.58. The van der Waals surface area contributed by atoms with Gasteiger partial charge in [0.1, 0.15) is 4.47 Å². The molecule has 0 bridgehead atoms. The average molecular weight is 263 g/mol. The van der Waals surface area contributed by atoms with Gasteiger partial charge in [-0.05, 0) is 28.1 Å². The highest BCUT2D eigenvalue weighted by molar-refractivity contribution is 9.10. The molecular weight excluding hydrogens is 256 g/mol. The normalized spacial score (nSPS) is 10.9. The van der Waals surface area contributed by atoms with Crippen LogP contribution in [0.2, 0.25) is 0 Å². The van der Waals surface area contributed by atoms with Gasteiger partial charge in [0, 0.05) is 11.4 Å². The summed E-state index contributed by atoms with van der Waals surface area (Å²) in [5.74, 6) is 0. The third-order valence-electron chi connectivity index (χ3n) is 1.27. The van der Waals surface area contributed by atoms with Gasteiger partial charge in [-0.2, -0.15) is 0 Å². The third-order valence-corrected chi connectivity index (χ3v) is 3.19. The Bertz CT molecular complexity index is 348. The molecular formula is C7H7BrN2O2S. The molecule has 0 amide bonds. The van der Waals surface area contributed by atoms with Crippen LogP contribution in [0.15, 0.2) is 16.6 Å². The Morgan fingerprint density at radius 2 is 2.46 bits per heavy atom. The number of nitro groups is 1. The lowest BCUT2D eigenvalue weighted by molar-refractivity contribution is -0.380. The van der Waals surface area contributed by atoms with Crippen molar-refractivity contribution in [3.63, 3.8) is 0 Å². The van der Waals surface area contributed by atoms with Crippen LogP contribution in [-0.2, 0) is 0 Å². The highest BCUT2D eigenvalue weighted by Crippen LogP contribution is 2.34. The van der Waals surface area contributed by atoms with Gasteiger partial charge in [0.05, 0.1) is 4.92 Å². The zero-order valence-corrected chi connectivity index (χ0v) is 8.97. The van der Waals surface area contributed by atoms with E-state index in [0.717, 1.165) is 16.2 Å². The van der Waals surface area contributed by atoms with Crippen molar-refractivity contribution >= 4 is 38.3 Å². The molecule has 0 aromatic carbocycles. The molecule has 0 fully saturated rings. The molecule has 1 heterocycles. The smallest absolute Gasteiger partial charge is 0.327 e. The zero-order chi connectivity index (χ0) is 9.84. The minimum atomic E-state index is -0.408. The Hall–Kier alpha value is -0.720. The zero-order valence-electron chi connectivity index (χ0n) is 6.57. The molecule has 70 valence electrons. The first-order valence-electron chi connectivity index (χ1n) is 3.45. The van der Waals surface area contributed by atoms with Gasteiger partial charge < -0.3 is 5.73 Å². The van der Waals surface area contributed by atoms with Gasteiger partial charge in [-0.15, -0.1) is 0 Å². The quantitative estimate of drug-likeness (QED) is 0.672. The van der Waals surface area contributed by atoms with Crippen LogP contribution in [0, 0.1) is 10.1 Å². The lowest BCUT2D eigenvalue weighted by Crippen LogP contribution is -1.91. The Morgan fingerprint density at radius 1 is 1.77 bits per heavy atom. The molecule has 0 aliphatic rings. The third kappa shape index (κ3) is 2.61. The second kappa shape index (κ2) is 4.50. The average Bonchev–Trinajstić information content (AvgIpc) is 2.43. The molecule has 6 heteroatoms. The fourth-order valence-corrected chi connectivity index (χ4v) is 2.35. The second-order valence-corrected chi connectivity index (χ2v) is 4.11. The van der Waals surface area contributed by atoms with Crippen LogP contribution < -0.4 is 5.73 Å². The lowest BCUT2D eigenvalue weighted by Gasteiger charge is -1.82. The fraction of sp³-hybridized carbons (Fsp3) is 0.143. The summed E-state index contributed by atoms with van der Waals surface area (Å²) in [7, 11) is 0. The van der Waals surface area contributed by atoms with E-state index in [-0.39, 0.29) is 5.00 Å². The number of hydrogen-bond donors (Lipinski definition) is 1. The molecule has 1 aromatic rings. The van der Waals surface area contributed by atoms with Crippen molar-refractivity contribution in [2.24, 2.45) is 5.73 Å². The predicted octanol–water partition coefficient (Wildman–Crippen LogP) is 2.39. The number of thiophene rings is 1. The molecule has 0 aliphatic carbocycles. The van der Waals surface area contributed by atoms with E-state index in [1.54, 1.807) is 18.2 Å². The van der Waals surface area contributed by atoms with Gasteiger partial charge in [-0.25, -0.2) is 0 Å². The van der Waals surface area contributed by atoms with E-state index >= 15 is 0 Å². The van der Waals surface area contributed by atoms with Crippen LogP contribution in [-0.4, -0.2) is 11.5 Å². The van der Waals surface area contributed by atoms with Crippen LogP contribution in [0.3, 0.4) is 0 Å². The fourth-order valence-electron chi connectivity index (χ4n) is 0.767. The summed E-state index contributed by atoms with van der Waals surface area (Å²) in [5, 5.41) is 10.6. The molecule has 0 saturated carbocycles. The maximum atomic E-state index is 10.4. The predicted molar refractivity (Wildman–Crippen MR) is 56.8 cm³/mol. The van der Waals surface area contributed by atoms with Gasteiger partial charge in [-0.1, -0.05) is 17.4 Å². The molecule has 0 spiro atoms. The van der Waals surface area contributed by atoms with E-state index in [1.807, 2.05) is 0 Å². The second-order valence-electron chi connectivity index (χ2n) is 2.20. The molecule has 1 rings (SSSR count). The summed E-state index contributed by atoms with van der Waals surface area (Å²) >= 11 is 4.23. The van der Waals surface area contributed by atoms with E-state index in [1.165, 1.54) is 0 Å². The largest absolute Gasteiger partial charge is 0.338 e. The number of halogens is 1.